The van der Waals surface area contributed by atoms with Crippen LogP contribution in [0.25, 0.3) is 0 Å². The zero-order valence-electron chi connectivity index (χ0n) is 14.3. The predicted octanol–water partition coefficient (Wildman–Crippen LogP) is 2.52. The maximum atomic E-state index is 10.4. The van der Waals surface area contributed by atoms with Gasteiger partial charge in [0, 0.05) is 36.0 Å². The van der Waals surface area contributed by atoms with Gasteiger partial charge in [-0.05, 0) is 37.1 Å². The number of β-amino-alcohol motifs (C(OH)–C–C–N with tert-alkyl or cyclic N) is 1. The van der Waals surface area contributed by atoms with Gasteiger partial charge in [0.2, 0.25) is 0 Å². The van der Waals surface area contributed by atoms with Crippen molar-refractivity contribution in [2.45, 2.75) is 37.5 Å². The largest absolute Gasteiger partial charge is 0.372 e. The monoisotopic (exact) mass is 333 g/mol. The molecule has 2 N–H and O–H groups in total. The Morgan fingerprint density at radius 2 is 1.80 bits per heavy atom. The molecule has 1 aromatic heterocycles. The van der Waals surface area contributed by atoms with Gasteiger partial charge >= 0.3 is 0 Å². The van der Waals surface area contributed by atoms with E-state index in [4.69, 9.17) is 0 Å². The van der Waals surface area contributed by atoms with Crippen molar-refractivity contribution in [1.29, 1.82) is 0 Å². The van der Waals surface area contributed by atoms with E-state index < -0.39 is 6.23 Å². The standard InChI is InChI=1S/C21H23N3O/c25-20-15-23-21(12-4-5-13-21)16-24(20)19-11-10-18(14-22-19)9-8-17-6-2-1-3-7-17/h1-3,6-7,10-11,14,20,23,25H,4-5,12-13,15-16H2. The Balaban J connectivity index is 1.50. The number of piperazine rings is 1. The Morgan fingerprint density at radius 3 is 2.52 bits per heavy atom. The maximum absolute atomic E-state index is 10.4. The van der Waals surface area contributed by atoms with E-state index in [2.05, 4.69) is 22.1 Å². The summed E-state index contributed by atoms with van der Waals surface area (Å²) >= 11 is 0. The average Bonchev–Trinajstić information content (AvgIpc) is 3.12. The number of hydrogen-bond acceptors (Lipinski definition) is 4. The summed E-state index contributed by atoms with van der Waals surface area (Å²) in [6.45, 7) is 1.41. The lowest BCUT2D eigenvalue weighted by Gasteiger charge is -2.44. The smallest absolute Gasteiger partial charge is 0.140 e. The Kier molecular flexibility index (Phi) is 4.44. The van der Waals surface area contributed by atoms with E-state index in [-0.39, 0.29) is 5.54 Å². The third-order valence-corrected chi connectivity index (χ3v) is 5.22. The van der Waals surface area contributed by atoms with Crippen molar-refractivity contribution in [2.24, 2.45) is 0 Å². The van der Waals surface area contributed by atoms with Crippen molar-refractivity contribution in [1.82, 2.24) is 10.3 Å². The van der Waals surface area contributed by atoms with Gasteiger partial charge in [-0.3, -0.25) is 0 Å². The van der Waals surface area contributed by atoms with Crippen LogP contribution in [0.5, 0.6) is 0 Å². The molecule has 1 atom stereocenters. The minimum Gasteiger partial charge on any atom is -0.372 e. The number of anilines is 1. The molecule has 0 radical (unpaired) electrons. The zero-order chi connectivity index (χ0) is 17.1. The number of pyridine rings is 1. The van der Waals surface area contributed by atoms with Crippen LogP contribution in [-0.2, 0) is 0 Å². The molecular formula is C21H23N3O. The maximum Gasteiger partial charge on any atom is 0.140 e. The van der Waals surface area contributed by atoms with Crippen LogP contribution in [0.3, 0.4) is 0 Å². The fourth-order valence-corrected chi connectivity index (χ4v) is 3.82. The molecule has 25 heavy (non-hydrogen) atoms. The number of nitrogens with one attached hydrogen (secondary N) is 1. The van der Waals surface area contributed by atoms with Crippen molar-refractivity contribution < 1.29 is 5.11 Å². The fourth-order valence-electron chi connectivity index (χ4n) is 3.82. The quantitative estimate of drug-likeness (QED) is 0.788. The van der Waals surface area contributed by atoms with Gasteiger partial charge in [0.15, 0.2) is 0 Å². The minimum absolute atomic E-state index is 0.146. The van der Waals surface area contributed by atoms with E-state index in [1.807, 2.05) is 47.4 Å². The first kappa shape index (κ1) is 16.1. The first-order valence-electron chi connectivity index (χ1n) is 8.97. The van der Waals surface area contributed by atoms with Crippen LogP contribution >= 0.6 is 0 Å². The lowest BCUT2D eigenvalue weighted by molar-refractivity contribution is 0.110. The number of benzene rings is 1. The number of nitrogens with zero attached hydrogens (tertiary/aromatic N) is 2. The SMILES string of the molecule is OC1CNC2(CCCC2)CN1c1ccc(C#Cc2ccccc2)cn1. The van der Waals surface area contributed by atoms with E-state index in [9.17, 15) is 5.11 Å². The van der Waals surface area contributed by atoms with Crippen LogP contribution in [0.2, 0.25) is 0 Å². The molecule has 0 amide bonds. The molecule has 4 nitrogen and oxygen atoms in total. The normalized spacial score (nSPS) is 21.8. The van der Waals surface area contributed by atoms with Gasteiger partial charge in [-0.2, -0.15) is 0 Å². The molecule has 128 valence electrons. The second-order valence-electron chi connectivity index (χ2n) is 7.00. The molecule has 2 heterocycles. The fraction of sp³-hybridized carbons (Fsp3) is 0.381. The summed E-state index contributed by atoms with van der Waals surface area (Å²) in [5, 5.41) is 13.9. The molecule has 4 rings (SSSR count). The highest BCUT2D eigenvalue weighted by molar-refractivity contribution is 5.47. The summed E-state index contributed by atoms with van der Waals surface area (Å²) < 4.78 is 0. The van der Waals surface area contributed by atoms with Crippen LogP contribution in [0, 0.1) is 11.8 Å². The Bertz CT molecular complexity index is 770. The molecule has 1 unspecified atom stereocenters. The van der Waals surface area contributed by atoms with E-state index in [1.54, 1.807) is 6.20 Å². The van der Waals surface area contributed by atoms with Crippen molar-refractivity contribution in [3.63, 3.8) is 0 Å². The van der Waals surface area contributed by atoms with E-state index in [1.165, 1.54) is 25.7 Å². The summed E-state index contributed by atoms with van der Waals surface area (Å²) in [6.07, 6.45) is 6.14. The highest BCUT2D eigenvalue weighted by atomic mass is 16.3. The summed E-state index contributed by atoms with van der Waals surface area (Å²) in [4.78, 5) is 6.58. The highest BCUT2D eigenvalue weighted by Gasteiger charge is 2.41. The summed E-state index contributed by atoms with van der Waals surface area (Å²) in [5.74, 6) is 7.11. The van der Waals surface area contributed by atoms with Gasteiger partial charge in [-0.1, -0.05) is 42.9 Å². The molecule has 2 aromatic rings. The lowest BCUT2D eigenvalue weighted by Crippen LogP contribution is -2.63. The molecule has 4 heteroatoms. The molecule has 1 saturated carbocycles. The molecule has 1 aliphatic carbocycles. The summed E-state index contributed by atoms with van der Waals surface area (Å²) in [7, 11) is 0. The second kappa shape index (κ2) is 6.87. The van der Waals surface area contributed by atoms with Gasteiger partial charge in [0.25, 0.3) is 0 Å². The molecule has 2 fully saturated rings. The molecule has 0 bridgehead atoms. The van der Waals surface area contributed by atoms with Crippen LogP contribution < -0.4 is 10.2 Å². The molecule has 1 spiro atoms. The van der Waals surface area contributed by atoms with Gasteiger partial charge < -0.3 is 15.3 Å². The Hall–Kier alpha value is -2.35. The number of aliphatic hydroxyl groups is 1. The highest BCUT2D eigenvalue weighted by Crippen LogP contribution is 2.34. The number of aromatic nitrogens is 1. The van der Waals surface area contributed by atoms with Gasteiger partial charge in [0.05, 0.1) is 0 Å². The third kappa shape index (κ3) is 3.53. The first-order valence-corrected chi connectivity index (χ1v) is 8.97. The zero-order valence-corrected chi connectivity index (χ0v) is 14.3. The summed E-state index contributed by atoms with van der Waals surface area (Å²) in [6, 6.07) is 13.9. The third-order valence-electron chi connectivity index (χ3n) is 5.22. The van der Waals surface area contributed by atoms with Crippen molar-refractivity contribution in [2.75, 3.05) is 18.0 Å². The minimum atomic E-state index is -0.528. The topological polar surface area (TPSA) is 48.4 Å². The number of rotatable bonds is 1. The van der Waals surface area contributed by atoms with Crippen molar-refractivity contribution >= 4 is 5.82 Å². The number of aliphatic hydroxyl groups excluding tert-OH is 1. The average molecular weight is 333 g/mol. The van der Waals surface area contributed by atoms with E-state index in [0.717, 1.165) is 23.5 Å². The van der Waals surface area contributed by atoms with Crippen molar-refractivity contribution in [3.05, 3.63) is 59.8 Å². The Labute approximate surface area is 148 Å². The van der Waals surface area contributed by atoms with Crippen LogP contribution in [0.4, 0.5) is 5.82 Å². The van der Waals surface area contributed by atoms with Gasteiger partial charge in [-0.15, -0.1) is 0 Å². The second-order valence-corrected chi connectivity index (χ2v) is 7.00. The first-order chi connectivity index (χ1) is 12.2. The predicted molar refractivity (Wildman–Crippen MR) is 99.2 cm³/mol. The lowest BCUT2D eigenvalue weighted by atomic mass is 9.94. The van der Waals surface area contributed by atoms with Crippen LogP contribution in [0.15, 0.2) is 48.7 Å². The molecule has 2 aliphatic rings. The van der Waals surface area contributed by atoms with E-state index >= 15 is 0 Å². The number of hydrogen-bond donors (Lipinski definition) is 2. The molecular weight excluding hydrogens is 310 g/mol. The molecule has 1 aliphatic heterocycles. The van der Waals surface area contributed by atoms with Gasteiger partial charge in [-0.25, -0.2) is 4.98 Å². The van der Waals surface area contributed by atoms with Crippen LogP contribution in [0.1, 0.15) is 36.8 Å². The van der Waals surface area contributed by atoms with Crippen LogP contribution in [-0.4, -0.2) is 34.9 Å². The molecule has 1 aromatic carbocycles. The van der Waals surface area contributed by atoms with E-state index in [0.29, 0.717) is 6.54 Å². The Morgan fingerprint density at radius 1 is 1.04 bits per heavy atom. The summed E-state index contributed by atoms with van der Waals surface area (Å²) in [5.41, 5.74) is 2.02. The van der Waals surface area contributed by atoms with Gasteiger partial charge in [0.1, 0.15) is 12.0 Å². The molecule has 1 saturated heterocycles. The van der Waals surface area contributed by atoms with Crippen molar-refractivity contribution in [3.8, 4) is 11.8 Å².